The number of halogens is 1. The second-order valence-electron chi connectivity index (χ2n) is 5.47. The van der Waals surface area contributed by atoms with Crippen molar-refractivity contribution in [2.45, 2.75) is 34.1 Å². The highest BCUT2D eigenvalue weighted by Gasteiger charge is 2.18. The SMILES string of the molecule is CCc1nc2c(c(C)nn2-c2c(C)cc(C)cc2Cl)c(=O)[nH]1. The van der Waals surface area contributed by atoms with Crippen LogP contribution in [0.4, 0.5) is 0 Å². The van der Waals surface area contributed by atoms with Gasteiger partial charge >= 0.3 is 0 Å². The van der Waals surface area contributed by atoms with Crippen LogP contribution in [-0.2, 0) is 6.42 Å². The van der Waals surface area contributed by atoms with Crippen molar-refractivity contribution < 1.29 is 0 Å². The topological polar surface area (TPSA) is 63.6 Å². The fourth-order valence-corrected chi connectivity index (χ4v) is 3.13. The second kappa shape index (κ2) is 5.25. The molecule has 2 aromatic heterocycles. The number of hydrogen-bond donors (Lipinski definition) is 1. The Balaban J connectivity index is 2.42. The summed E-state index contributed by atoms with van der Waals surface area (Å²) in [5, 5.41) is 5.60. The van der Waals surface area contributed by atoms with Gasteiger partial charge in [0, 0.05) is 6.42 Å². The van der Waals surface area contributed by atoms with Crippen LogP contribution in [0.1, 0.15) is 29.6 Å². The predicted molar refractivity (Wildman–Crippen MR) is 88.1 cm³/mol. The molecule has 0 fully saturated rings. The van der Waals surface area contributed by atoms with Crippen molar-refractivity contribution in [2.75, 3.05) is 0 Å². The van der Waals surface area contributed by atoms with E-state index in [9.17, 15) is 4.79 Å². The van der Waals surface area contributed by atoms with Crippen molar-refractivity contribution in [2.24, 2.45) is 0 Å². The molecule has 0 saturated carbocycles. The largest absolute Gasteiger partial charge is 0.310 e. The van der Waals surface area contributed by atoms with E-state index in [1.165, 1.54) is 0 Å². The quantitative estimate of drug-likeness (QED) is 0.789. The zero-order valence-corrected chi connectivity index (χ0v) is 13.7. The number of benzene rings is 1. The molecule has 3 aromatic rings. The number of fused-ring (bicyclic) bond motifs is 1. The second-order valence-corrected chi connectivity index (χ2v) is 5.88. The molecule has 6 heteroatoms. The van der Waals surface area contributed by atoms with Crippen LogP contribution >= 0.6 is 11.6 Å². The average molecular weight is 317 g/mol. The zero-order valence-electron chi connectivity index (χ0n) is 13.0. The fraction of sp³-hybridized carbons (Fsp3) is 0.312. The van der Waals surface area contributed by atoms with Gasteiger partial charge in [0.05, 0.1) is 16.4 Å². The van der Waals surface area contributed by atoms with E-state index in [1.807, 2.05) is 32.9 Å². The number of nitrogens with zero attached hydrogens (tertiary/aromatic N) is 3. The van der Waals surface area contributed by atoms with E-state index in [2.05, 4.69) is 15.1 Å². The van der Waals surface area contributed by atoms with Crippen LogP contribution in [-0.4, -0.2) is 19.7 Å². The van der Waals surface area contributed by atoms with Gasteiger partial charge in [-0.1, -0.05) is 24.6 Å². The Bertz CT molecular complexity index is 916. The molecule has 0 radical (unpaired) electrons. The van der Waals surface area contributed by atoms with Crippen molar-refractivity contribution >= 4 is 22.6 Å². The maximum Gasteiger partial charge on any atom is 0.262 e. The zero-order chi connectivity index (χ0) is 16.0. The Hall–Kier alpha value is -2.14. The molecule has 0 bridgehead atoms. The van der Waals surface area contributed by atoms with Crippen molar-refractivity contribution in [3.8, 4) is 5.69 Å². The maximum absolute atomic E-state index is 12.3. The normalized spacial score (nSPS) is 11.3. The monoisotopic (exact) mass is 316 g/mol. The lowest BCUT2D eigenvalue weighted by molar-refractivity contribution is 0.856. The number of rotatable bonds is 2. The highest BCUT2D eigenvalue weighted by molar-refractivity contribution is 6.32. The van der Waals surface area contributed by atoms with Gasteiger partial charge in [-0.25, -0.2) is 9.67 Å². The molecule has 1 aromatic carbocycles. The van der Waals surface area contributed by atoms with Gasteiger partial charge in [0.2, 0.25) is 0 Å². The predicted octanol–water partition coefficient (Wildman–Crippen LogP) is 3.25. The van der Waals surface area contributed by atoms with Crippen LogP contribution in [0.2, 0.25) is 5.02 Å². The summed E-state index contributed by atoms with van der Waals surface area (Å²) in [5.74, 6) is 0.638. The van der Waals surface area contributed by atoms with E-state index in [-0.39, 0.29) is 5.56 Å². The summed E-state index contributed by atoms with van der Waals surface area (Å²) < 4.78 is 1.68. The molecule has 5 nitrogen and oxygen atoms in total. The minimum Gasteiger partial charge on any atom is -0.310 e. The Morgan fingerprint density at radius 1 is 1.27 bits per heavy atom. The van der Waals surface area contributed by atoms with Crippen LogP contribution in [0.3, 0.4) is 0 Å². The van der Waals surface area contributed by atoms with Crippen molar-refractivity contribution in [3.05, 3.63) is 50.2 Å². The Morgan fingerprint density at radius 2 is 2.00 bits per heavy atom. The number of hydrogen-bond acceptors (Lipinski definition) is 3. The third-order valence-corrected chi connectivity index (χ3v) is 3.99. The van der Waals surface area contributed by atoms with Crippen LogP contribution in [0.5, 0.6) is 0 Å². The molecule has 0 aliphatic carbocycles. The number of aromatic nitrogens is 4. The number of aromatic amines is 1. The summed E-state index contributed by atoms with van der Waals surface area (Å²) in [6.07, 6.45) is 0.649. The fourth-order valence-electron chi connectivity index (χ4n) is 2.73. The molecule has 0 spiro atoms. The van der Waals surface area contributed by atoms with E-state index in [0.29, 0.717) is 34.0 Å². The summed E-state index contributed by atoms with van der Waals surface area (Å²) in [4.78, 5) is 19.6. The Morgan fingerprint density at radius 3 is 2.64 bits per heavy atom. The highest BCUT2D eigenvalue weighted by Crippen LogP contribution is 2.28. The molecule has 0 atom stereocenters. The van der Waals surface area contributed by atoms with Gasteiger partial charge in [0.1, 0.15) is 11.2 Å². The van der Waals surface area contributed by atoms with E-state index in [1.54, 1.807) is 11.6 Å². The van der Waals surface area contributed by atoms with Crippen LogP contribution in [0, 0.1) is 20.8 Å². The Labute approximate surface area is 133 Å². The first-order chi connectivity index (χ1) is 10.4. The Kier molecular flexibility index (Phi) is 3.53. The number of nitrogens with one attached hydrogen (secondary N) is 1. The van der Waals surface area contributed by atoms with Crippen LogP contribution in [0.15, 0.2) is 16.9 Å². The molecule has 0 unspecified atom stereocenters. The lowest BCUT2D eigenvalue weighted by Crippen LogP contribution is -2.12. The minimum absolute atomic E-state index is 0.161. The van der Waals surface area contributed by atoms with E-state index in [4.69, 9.17) is 11.6 Å². The number of H-pyrrole nitrogens is 1. The standard InChI is InChI=1S/C16H17ClN4O/c1-5-12-18-15-13(16(22)19-12)10(4)20-21(15)14-9(3)6-8(2)7-11(14)17/h6-7H,5H2,1-4H3,(H,18,19,22). The van der Waals surface area contributed by atoms with Gasteiger partial charge < -0.3 is 4.98 Å². The van der Waals surface area contributed by atoms with Gasteiger partial charge in [-0.3, -0.25) is 4.79 Å². The molecule has 1 N–H and O–H groups in total. The summed E-state index contributed by atoms with van der Waals surface area (Å²) in [6, 6.07) is 3.93. The smallest absolute Gasteiger partial charge is 0.262 e. The molecule has 3 rings (SSSR count). The van der Waals surface area contributed by atoms with Gasteiger partial charge in [-0.05, 0) is 38.0 Å². The molecule has 0 aliphatic rings. The van der Waals surface area contributed by atoms with Gasteiger partial charge in [0.25, 0.3) is 5.56 Å². The first kappa shape index (κ1) is 14.8. The lowest BCUT2D eigenvalue weighted by atomic mass is 10.1. The molecule has 0 amide bonds. The highest BCUT2D eigenvalue weighted by atomic mass is 35.5. The van der Waals surface area contributed by atoms with Crippen molar-refractivity contribution in [3.63, 3.8) is 0 Å². The van der Waals surface area contributed by atoms with Crippen LogP contribution in [0.25, 0.3) is 16.7 Å². The third kappa shape index (κ3) is 2.22. The van der Waals surface area contributed by atoms with Crippen molar-refractivity contribution in [1.82, 2.24) is 19.7 Å². The molecular weight excluding hydrogens is 300 g/mol. The average Bonchev–Trinajstić information content (AvgIpc) is 2.75. The minimum atomic E-state index is -0.161. The van der Waals surface area contributed by atoms with Crippen LogP contribution < -0.4 is 5.56 Å². The van der Waals surface area contributed by atoms with E-state index in [0.717, 1.165) is 16.8 Å². The molecule has 22 heavy (non-hydrogen) atoms. The van der Waals surface area contributed by atoms with E-state index < -0.39 is 0 Å². The summed E-state index contributed by atoms with van der Waals surface area (Å²) in [5.41, 5.74) is 3.88. The summed E-state index contributed by atoms with van der Waals surface area (Å²) in [6.45, 7) is 7.72. The van der Waals surface area contributed by atoms with Gasteiger partial charge in [0.15, 0.2) is 5.65 Å². The molecular formula is C16H17ClN4O. The summed E-state index contributed by atoms with van der Waals surface area (Å²) >= 11 is 6.42. The number of aryl methyl sites for hydroxylation is 4. The van der Waals surface area contributed by atoms with Gasteiger partial charge in [-0.2, -0.15) is 5.10 Å². The first-order valence-corrected chi connectivity index (χ1v) is 7.55. The van der Waals surface area contributed by atoms with Crippen molar-refractivity contribution in [1.29, 1.82) is 0 Å². The molecule has 0 aliphatic heterocycles. The maximum atomic E-state index is 12.3. The summed E-state index contributed by atoms with van der Waals surface area (Å²) in [7, 11) is 0. The lowest BCUT2D eigenvalue weighted by Gasteiger charge is -2.10. The third-order valence-electron chi connectivity index (χ3n) is 3.71. The molecule has 2 heterocycles. The molecule has 114 valence electrons. The van der Waals surface area contributed by atoms with Gasteiger partial charge in [-0.15, -0.1) is 0 Å². The van der Waals surface area contributed by atoms with E-state index >= 15 is 0 Å². The first-order valence-electron chi connectivity index (χ1n) is 7.18. The molecule has 0 saturated heterocycles.